The predicted octanol–water partition coefficient (Wildman–Crippen LogP) is 4.82. The van der Waals surface area contributed by atoms with Crippen molar-refractivity contribution >= 4 is 29.3 Å². The number of likely N-dealkylation sites (tertiary alicyclic amines) is 1. The van der Waals surface area contributed by atoms with E-state index in [-0.39, 0.29) is 11.9 Å². The molecule has 1 amide bonds. The number of carbonyl (C=O) groups is 1. The molecule has 1 saturated heterocycles. The summed E-state index contributed by atoms with van der Waals surface area (Å²) in [6.45, 7) is 3.00. The van der Waals surface area contributed by atoms with Gasteiger partial charge in [-0.2, -0.15) is 0 Å². The molecule has 1 aliphatic heterocycles. The summed E-state index contributed by atoms with van der Waals surface area (Å²) < 4.78 is 2.05. The van der Waals surface area contributed by atoms with Crippen molar-refractivity contribution in [3.05, 3.63) is 35.1 Å². The third-order valence-corrected chi connectivity index (χ3v) is 7.95. The zero-order valence-corrected chi connectivity index (χ0v) is 20.2. The lowest BCUT2D eigenvalue weighted by Crippen LogP contribution is -2.50. The number of thioether (sulfide) groups is 1. The lowest BCUT2D eigenvalue weighted by Gasteiger charge is -2.44. The number of carbonyl (C=O) groups excluding carboxylic acids is 1. The van der Waals surface area contributed by atoms with Gasteiger partial charge in [0.25, 0.3) is 0 Å². The van der Waals surface area contributed by atoms with Gasteiger partial charge in [0, 0.05) is 23.3 Å². The molecule has 1 aromatic heterocycles. The van der Waals surface area contributed by atoms with Crippen LogP contribution in [0.25, 0.3) is 5.69 Å². The lowest BCUT2D eigenvalue weighted by molar-refractivity contribution is -0.134. The molecule has 0 spiro atoms. The molecule has 0 radical (unpaired) electrons. The molecular formula is C23H32ClN5OS. The minimum atomic E-state index is 0.0818. The number of nitrogens with zero attached hydrogens (tertiary/aromatic N) is 5. The average Bonchev–Trinajstić information content (AvgIpc) is 3.20. The molecule has 2 aliphatic rings. The van der Waals surface area contributed by atoms with Gasteiger partial charge in [-0.3, -0.25) is 14.3 Å². The highest BCUT2D eigenvalue weighted by Crippen LogP contribution is 2.36. The van der Waals surface area contributed by atoms with Crippen LogP contribution in [0.3, 0.4) is 0 Å². The number of halogens is 1. The Kier molecular flexibility index (Phi) is 7.24. The molecule has 3 atom stereocenters. The zero-order chi connectivity index (χ0) is 22.0. The van der Waals surface area contributed by atoms with Gasteiger partial charge >= 0.3 is 0 Å². The second kappa shape index (κ2) is 9.92. The quantitative estimate of drug-likeness (QED) is 0.577. The summed E-state index contributed by atoms with van der Waals surface area (Å²) in [5.74, 6) is 2.18. The third-order valence-electron chi connectivity index (χ3n) is 6.78. The van der Waals surface area contributed by atoms with E-state index < -0.39 is 0 Å². The first-order valence-electron chi connectivity index (χ1n) is 11.3. The van der Waals surface area contributed by atoms with E-state index in [9.17, 15) is 4.79 Å². The molecule has 1 aliphatic carbocycles. The Balaban J connectivity index is 1.54. The highest BCUT2D eigenvalue weighted by molar-refractivity contribution is 7.99. The topological polar surface area (TPSA) is 54.3 Å². The molecule has 168 valence electrons. The van der Waals surface area contributed by atoms with Gasteiger partial charge in [0.1, 0.15) is 0 Å². The maximum atomic E-state index is 13.2. The van der Waals surface area contributed by atoms with Crippen LogP contribution in [0.2, 0.25) is 5.02 Å². The molecule has 1 saturated carbocycles. The number of benzene rings is 1. The van der Waals surface area contributed by atoms with Gasteiger partial charge in [0.05, 0.1) is 11.8 Å². The number of amides is 1. The molecule has 1 aromatic carbocycles. The van der Waals surface area contributed by atoms with Crippen LogP contribution in [0.4, 0.5) is 0 Å². The monoisotopic (exact) mass is 461 g/mol. The molecule has 2 aromatic rings. The van der Waals surface area contributed by atoms with Crippen LogP contribution in [-0.4, -0.2) is 62.9 Å². The van der Waals surface area contributed by atoms with Gasteiger partial charge < -0.3 is 4.90 Å². The Bertz CT molecular complexity index is 898. The fourth-order valence-electron chi connectivity index (χ4n) is 4.85. The van der Waals surface area contributed by atoms with Crippen LogP contribution in [-0.2, 0) is 4.79 Å². The molecule has 6 nitrogen and oxygen atoms in total. The number of hydrogen-bond acceptors (Lipinski definition) is 5. The first-order valence-corrected chi connectivity index (χ1v) is 12.6. The van der Waals surface area contributed by atoms with E-state index in [1.165, 1.54) is 37.4 Å². The van der Waals surface area contributed by atoms with Crippen LogP contribution in [0.1, 0.15) is 57.3 Å². The number of aromatic nitrogens is 3. The lowest BCUT2D eigenvalue weighted by atomic mass is 9.78. The summed E-state index contributed by atoms with van der Waals surface area (Å²) >= 11 is 7.59. The summed E-state index contributed by atoms with van der Waals surface area (Å²) in [5.41, 5.74) is 0.957. The molecule has 3 unspecified atom stereocenters. The maximum Gasteiger partial charge on any atom is 0.233 e. The first-order chi connectivity index (χ1) is 15.0. The molecule has 2 fully saturated rings. The van der Waals surface area contributed by atoms with E-state index in [2.05, 4.69) is 31.5 Å². The smallest absolute Gasteiger partial charge is 0.233 e. The number of hydrogen-bond donors (Lipinski definition) is 0. The minimum Gasteiger partial charge on any atom is -0.339 e. The fraction of sp³-hybridized carbons (Fsp3) is 0.609. The SMILES string of the molecule is CC(c1nnc(SCC(=O)N2CCCC3CCCCC32)n1-c1ccc(Cl)cc1)N(C)C. The van der Waals surface area contributed by atoms with E-state index in [1.54, 1.807) is 0 Å². The van der Waals surface area contributed by atoms with Gasteiger partial charge in [-0.1, -0.05) is 36.2 Å². The van der Waals surface area contributed by atoms with E-state index in [1.807, 2.05) is 38.4 Å². The van der Waals surface area contributed by atoms with Crippen LogP contribution in [0.5, 0.6) is 0 Å². The largest absolute Gasteiger partial charge is 0.339 e. The van der Waals surface area contributed by atoms with Crippen molar-refractivity contribution in [2.45, 2.75) is 62.7 Å². The Morgan fingerprint density at radius 3 is 2.61 bits per heavy atom. The molecule has 4 rings (SSSR count). The van der Waals surface area contributed by atoms with Crippen molar-refractivity contribution in [1.29, 1.82) is 0 Å². The Hall–Kier alpha value is -1.57. The third kappa shape index (κ3) is 4.94. The average molecular weight is 462 g/mol. The standard InChI is InChI=1S/C23H32ClN5OS/c1-16(27(2)3)22-25-26-23(29(22)19-12-10-18(24)11-13-19)31-15-21(30)28-14-6-8-17-7-4-5-9-20(17)28/h10-13,16-17,20H,4-9,14-15H2,1-3H3. The van der Waals surface area contributed by atoms with Crippen molar-refractivity contribution in [3.63, 3.8) is 0 Å². The number of piperidine rings is 1. The van der Waals surface area contributed by atoms with Crippen molar-refractivity contribution in [2.24, 2.45) is 5.92 Å². The van der Waals surface area contributed by atoms with Crippen molar-refractivity contribution in [3.8, 4) is 5.69 Å². The van der Waals surface area contributed by atoms with Gasteiger partial charge in [-0.15, -0.1) is 10.2 Å². The predicted molar refractivity (Wildman–Crippen MR) is 126 cm³/mol. The van der Waals surface area contributed by atoms with E-state index in [0.29, 0.717) is 22.7 Å². The van der Waals surface area contributed by atoms with Gasteiger partial charge in [0.15, 0.2) is 11.0 Å². The number of fused-ring (bicyclic) bond motifs is 1. The van der Waals surface area contributed by atoms with Crippen LogP contribution < -0.4 is 0 Å². The normalized spacial score (nSPS) is 22.4. The first kappa shape index (κ1) is 22.6. The zero-order valence-electron chi connectivity index (χ0n) is 18.6. The Labute approximate surface area is 194 Å². The fourth-order valence-corrected chi connectivity index (χ4v) is 5.82. The van der Waals surface area contributed by atoms with Gasteiger partial charge in [-0.05, 0) is 76.9 Å². The minimum absolute atomic E-state index is 0.0818. The molecule has 0 bridgehead atoms. The van der Waals surface area contributed by atoms with E-state index in [4.69, 9.17) is 11.6 Å². The van der Waals surface area contributed by atoms with Crippen molar-refractivity contribution in [1.82, 2.24) is 24.6 Å². The summed E-state index contributed by atoms with van der Waals surface area (Å²) in [6, 6.07) is 8.21. The van der Waals surface area contributed by atoms with Crippen LogP contribution in [0, 0.1) is 5.92 Å². The second-order valence-electron chi connectivity index (χ2n) is 8.92. The van der Waals surface area contributed by atoms with Crippen molar-refractivity contribution in [2.75, 3.05) is 26.4 Å². The van der Waals surface area contributed by atoms with Crippen LogP contribution >= 0.6 is 23.4 Å². The molecule has 8 heteroatoms. The summed E-state index contributed by atoms with van der Waals surface area (Å²) in [6.07, 6.45) is 7.40. The summed E-state index contributed by atoms with van der Waals surface area (Å²) in [4.78, 5) is 17.5. The second-order valence-corrected chi connectivity index (χ2v) is 10.3. The van der Waals surface area contributed by atoms with E-state index in [0.717, 1.165) is 36.1 Å². The summed E-state index contributed by atoms with van der Waals surface area (Å²) in [5, 5.41) is 10.4. The van der Waals surface area contributed by atoms with Gasteiger partial charge in [-0.25, -0.2) is 0 Å². The molecule has 31 heavy (non-hydrogen) atoms. The number of rotatable bonds is 6. The maximum absolute atomic E-state index is 13.2. The highest BCUT2D eigenvalue weighted by Gasteiger charge is 2.35. The van der Waals surface area contributed by atoms with Crippen molar-refractivity contribution < 1.29 is 4.79 Å². The molecular weight excluding hydrogens is 430 g/mol. The van der Waals surface area contributed by atoms with Crippen LogP contribution in [0.15, 0.2) is 29.4 Å². The molecule has 0 N–H and O–H groups in total. The highest BCUT2D eigenvalue weighted by atomic mass is 35.5. The Morgan fingerprint density at radius 2 is 1.87 bits per heavy atom. The Morgan fingerprint density at radius 1 is 1.16 bits per heavy atom. The van der Waals surface area contributed by atoms with Gasteiger partial charge in [0.2, 0.25) is 5.91 Å². The summed E-state index contributed by atoms with van der Waals surface area (Å²) in [7, 11) is 4.05. The molecule has 2 heterocycles. The van der Waals surface area contributed by atoms with E-state index >= 15 is 0 Å².